The standard InChI is InChI=1S/C28H28N4O4S2/c1-19-12-13-22(16-20(19)2)32-27(34)24-10-3-4-11-25(24)30-28(32)37-18-26(33)29-21-8-7-9-23(17-21)38(35,36)31-14-5-6-15-31/h3-4,7-13,16-17H,5-6,14-15,18H2,1-2H3,(H,29,33). The van der Waals surface area contributed by atoms with Gasteiger partial charge in [-0.25, -0.2) is 13.4 Å². The van der Waals surface area contributed by atoms with Gasteiger partial charge in [-0.05, 0) is 80.3 Å². The number of thioether (sulfide) groups is 1. The smallest absolute Gasteiger partial charge is 0.266 e. The van der Waals surface area contributed by atoms with Crippen LogP contribution in [-0.4, -0.2) is 47.0 Å². The lowest BCUT2D eigenvalue weighted by Crippen LogP contribution is -2.28. The maximum Gasteiger partial charge on any atom is 0.266 e. The van der Waals surface area contributed by atoms with Crippen molar-refractivity contribution in [3.8, 4) is 5.69 Å². The molecule has 1 amide bonds. The van der Waals surface area contributed by atoms with Gasteiger partial charge in [-0.1, -0.05) is 36.0 Å². The van der Waals surface area contributed by atoms with Crippen LogP contribution in [0.3, 0.4) is 0 Å². The lowest BCUT2D eigenvalue weighted by atomic mass is 10.1. The topological polar surface area (TPSA) is 101 Å². The molecule has 2 heterocycles. The number of fused-ring (bicyclic) bond motifs is 1. The van der Waals surface area contributed by atoms with Gasteiger partial charge in [0, 0.05) is 18.8 Å². The molecule has 10 heteroatoms. The van der Waals surface area contributed by atoms with E-state index >= 15 is 0 Å². The average molecular weight is 549 g/mol. The number of carbonyl (C=O) groups is 1. The van der Waals surface area contributed by atoms with Crippen LogP contribution in [0.2, 0.25) is 0 Å². The number of nitrogens with one attached hydrogen (secondary N) is 1. The van der Waals surface area contributed by atoms with E-state index < -0.39 is 10.0 Å². The monoisotopic (exact) mass is 548 g/mol. The van der Waals surface area contributed by atoms with Gasteiger partial charge in [-0.2, -0.15) is 4.31 Å². The van der Waals surface area contributed by atoms with E-state index in [1.165, 1.54) is 14.9 Å². The molecular weight excluding hydrogens is 520 g/mol. The summed E-state index contributed by atoms with van der Waals surface area (Å²) in [7, 11) is -3.59. The number of sulfonamides is 1. The molecular formula is C28H28N4O4S2. The first-order chi connectivity index (χ1) is 18.2. The minimum absolute atomic E-state index is 0.0152. The zero-order valence-corrected chi connectivity index (χ0v) is 22.8. The number of para-hydroxylation sites is 1. The highest BCUT2D eigenvalue weighted by atomic mass is 32.2. The predicted molar refractivity (Wildman–Crippen MR) is 151 cm³/mol. The molecule has 196 valence electrons. The first-order valence-electron chi connectivity index (χ1n) is 12.4. The molecule has 1 aliphatic rings. The van der Waals surface area contributed by atoms with Crippen LogP contribution in [0.4, 0.5) is 5.69 Å². The number of aryl methyl sites for hydroxylation is 2. The van der Waals surface area contributed by atoms with Gasteiger partial charge in [0.05, 0.1) is 27.2 Å². The Morgan fingerprint density at radius 1 is 0.974 bits per heavy atom. The second-order valence-corrected chi connectivity index (χ2v) is 12.2. The Kier molecular flexibility index (Phi) is 7.38. The SMILES string of the molecule is Cc1ccc(-n2c(SCC(=O)Nc3cccc(S(=O)(=O)N4CCCC4)c3)nc3ccccc3c2=O)cc1C. The second-order valence-electron chi connectivity index (χ2n) is 9.30. The summed E-state index contributed by atoms with van der Waals surface area (Å²) in [6.07, 6.45) is 1.70. The molecule has 5 rings (SSSR count). The molecule has 1 saturated heterocycles. The number of aromatic nitrogens is 2. The Balaban J connectivity index is 1.39. The van der Waals surface area contributed by atoms with Gasteiger partial charge in [0.15, 0.2) is 5.16 Å². The van der Waals surface area contributed by atoms with Gasteiger partial charge >= 0.3 is 0 Å². The van der Waals surface area contributed by atoms with E-state index in [4.69, 9.17) is 4.98 Å². The average Bonchev–Trinajstić information content (AvgIpc) is 3.46. The zero-order chi connectivity index (χ0) is 26.9. The molecule has 3 aromatic carbocycles. The maximum atomic E-state index is 13.5. The third-order valence-electron chi connectivity index (χ3n) is 6.65. The molecule has 0 aliphatic carbocycles. The fourth-order valence-electron chi connectivity index (χ4n) is 4.44. The Labute approximate surface area is 225 Å². The summed E-state index contributed by atoms with van der Waals surface area (Å²) in [5.41, 5.74) is 3.58. The Bertz CT molecular complexity index is 1690. The second kappa shape index (κ2) is 10.7. The maximum absolute atomic E-state index is 13.5. The minimum atomic E-state index is -3.59. The van der Waals surface area contributed by atoms with Gasteiger partial charge in [0.2, 0.25) is 15.9 Å². The summed E-state index contributed by atoms with van der Waals surface area (Å²) in [6, 6.07) is 19.2. The van der Waals surface area contributed by atoms with Gasteiger partial charge in [-0.15, -0.1) is 0 Å². The minimum Gasteiger partial charge on any atom is -0.325 e. The summed E-state index contributed by atoms with van der Waals surface area (Å²) in [4.78, 5) is 31.2. The van der Waals surface area contributed by atoms with E-state index in [2.05, 4.69) is 5.32 Å². The van der Waals surface area contributed by atoms with Crippen molar-refractivity contribution in [2.75, 3.05) is 24.2 Å². The van der Waals surface area contributed by atoms with E-state index in [0.29, 0.717) is 40.5 Å². The Morgan fingerprint density at radius 2 is 1.74 bits per heavy atom. The third-order valence-corrected chi connectivity index (χ3v) is 9.48. The molecule has 1 fully saturated rings. The molecule has 0 atom stereocenters. The van der Waals surface area contributed by atoms with Gasteiger partial charge in [0.25, 0.3) is 5.56 Å². The highest BCUT2D eigenvalue weighted by Gasteiger charge is 2.27. The van der Waals surface area contributed by atoms with E-state index in [1.54, 1.807) is 36.4 Å². The number of nitrogens with zero attached hydrogens (tertiary/aromatic N) is 3. The molecule has 0 bridgehead atoms. The first-order valence-corrected chi connectivity index (χ1v) is 14.8. The van der Waals surface area contributed by atoms with Crippen molar-refractivity contribution < 1.29 is 13.2 Å². The molecule has 8 nitrogen and oxygen atoms in total. The molecule has 1 N–H and O–H groups in total. The van der Waals surface area contributed by atoms with Crippen LogP contribution in [0.25, 0.3) is 16.6 Å². The van der Waals surface area contributed by atoms with E-state index in [9.17, 15) is 18.0 Å². The van der Waals surface area contributed by atoms with E-state index in [0.717, 1.165) is 35.7 Å². The highest BCUT2D eigenvalue weighted by Crippen LogP contribution is 2.25. The van der Waals surface area contributed by atoms with Crippen LogP contribution < -0.4 is 10.9 Å². The lowest BCUT2D eigenvalue weighted by molar-refractivity contribution is -0.113. The molecule has 4 aromatic rings. The zero-order valence-electron chi connectivity index (χ0n) is 21.2. The first kappa shape index (κ1) is 26.1. The molecule has 0 radical (unpaired) electrons. The Hall–Kier alpha value is -3.47. The molecule has 0 unspecified atom stereocenters. The van der Waals surface area contributed by atoms with Crippen LogP contribution in [0.15, 0.2) is 81.6 Å². The third kappa shape index (κ3) is 5.24. The highest BCUT2D eigenvalue weighted by molar-refractivity contribution is 7.99. The number of benzene rings is 3. The summed E-state index contributed by atoms with van der Waals surface area (Å²) in [6.45, 7) is 5.01. The lowest BCUT2D eigenvalue weighted by Gasteiger charge is -2.16. The van der Waals surface area contributed by atoms with Crippen molar-refractivity contribution in [3.05, 3.63) is 88.2 Å². The molecule has 1 aliphatic heterocycles. The van der Waals surface area contributed by atoms with Crippen LogP contribution >= 0.6 is 11.8 Å². The van der Waals surface area contributed by atoms with Crippen LogP contribution in [0.1, 0.15) is 24.0 Å². The summed E-state index contributed by atoms with van der Waals surface area (Å²) >= 11 is 1.15. The van der Waals surface area contributed by atoms with Crippen molar-refractivity contribution >= 4 is 44.3 Å². The Morgan fingerprint density at radius 3 is 2.50 bits per heavy atom. The molecule has 0 saturated carbocycles. The van der Waals surface area contributed by atoms with Crippen molar-refractivity contribution in [1.29, 1.82) is 0 Å². The molecule has 0 spiro atoms. The van der Waals surface area contributed by atoms with Crippen molar-refractivity contribution in [1.82, 2.24) is 13.9 Å². The summed E-state index contributed by atoms with van der Waals surface area (Å²) in [5, 5.41) is 3.68. The largest absolute Gasteiger partial charge is 0.325 e. The number of carbonyl (C=O) groups excluding carboxylic acids is 1. The molecule has 1 aromatic heterocycles. The summed E-state index contributed by atoms with van der Waals surface area (Å²) in [5.74, 6) is -0.349. The van der Waals surface area contributed by atoms with E-state index in [1.807, 2.05) is 38.1 Å². The van der Waals surface area contributed by atoms with Crippen LogP contribution in [-0.2, 0) is 14.8 Å². The van der Waals surface area contributed by atoms with Crippen molar-refractivity contribution in [3.63, 3.8) is 0 Å². The number of hydrogen-bond acceptors (Lipinski definition) is 6. The van der Waals surface area contributed by atoms with Crippen LogP contribution in [0, 0.1) is 13.8 Å². The van der Waals surface area contributed by atoms with Gasteiger partial charge in [0.1, 0.15) is 0 Å². The number of anilines is 1. The van der Waals surface area contributed by atoms with Crippen LogP contribution in [0.5, 0.6) is 0 Å². The van der Waals surface area contributed by atoms with Gasteiger partial charge in [-0.3, -0.25) is 14.2 Å². The molecule has 38 heavy (non-hydrogen) atoms. The fraction of sp³-hybridized carbons (Fsp3) is 0.250. The predicted octanol–water partition coefficient (Wildman–Crippen LogP) is 4.52. The van der Waals surface area contributed by atoms with Crippen molar-refractivity contribution in [2.45, 2.75) is 36.7 Å². The van der Waals surface area contributed by atoms with Crippen molar-refractivity contribution in [2.24, 2.45) is 0 Å². The normalized spacial score (nSPS) is 14.2. The number of amides is 1. The number of rotatable bonds is 7. The summed E-state index contributed by atoms with van der Waals surface area (Å²) < 4.78 is 28.8. The van der Waals surface area contributed by atoms with Gasteiger partial charge < -0.3 is 5.32 Å². The quantitative estimate of drug-likeness (QED) is 0.269. The van der Waals surface area contributed by atoms with E-state index in [-0.39, 0.29) is 22.1 Å². The number of hydrogen-bond donors (Lipinski definition) is 1. The fourth-order valence-corrected chi connectivity index (χ4v) is 6.82.